The smallest absolute Gasteiger partial charge is 0.490 e. The van der Waals surface area contributed by atoms with Crippen molar-refractivity contribution in [1.29, 1.82) is 0 Å². The minimum atomic E-state index is -5.08. The molecule has 1 atom stereocenters. The van der Waals surface area contributed by atoms with Crippen LogP contribution in [-0.4, -0.2) is 66.4 Å². The summed E-state index contributed by atoms with van der Waals surface area (Å²) in [6, 6.07) is 22.6. The molecule has 0 radical (unpaired) electrons. The van der Waals surface area contributed by atoms with Crippen LogP contribution in [0.2, 0.25) is 0 Å². The number of benzene rings is 3. The van der Waals surface area contributed by atoms with Gasteiger partial charge in [0.05, 0.1) is 26.1 Å². The summed E-state index contributed by atoms with van der Waals surface area (Å²) in [5.41, 5.74) is 3.16. The first-order valence-electron chi connectivity index (χ1n) is 13.2. The lowest BCUT2D eigenvalue weighted by atomic mass is 9.99. The summed E-state index contributed by atoms with van der Waals surface area (Å²) in [5.74, 6) is -4.20. The Balaban J connectivity index is 0.000000900. The van der Waals surface area contributed by atoms with Gasteiger partial charge in [-0.2, -0.15) is 13.2 Å². The molecule has 0 fully saturated rings. The number of ether oxygens (including phenoxy) is 1. The SMILES string of the molecule is COc1cccc(NC(=O)NCCC(=O)NCC(=O)NC(CC(=O)O)c2ccc(-c3ccccc3)cc2)c1.O=C(O)C(F)(F)F. The number of amides is 4. The van der Waals surface area contributed by atoms with Crippen LogP contribution >= 0.6 is 0 Å². The molecule has 0 aliphatic rings. The molecule has 3 aromatic carbocycles. The fourth-order valence-corrected chi connectivity index (χ4v) is 3.64. The van der Waals surface area contributed by atoms with Crippen molar-refractivity contribution in [3.63, 3.8) is 0 Å². The predicted octanol–water partition coefficient (Wildman–Crippen LogP) is 3.96. The quantitative estimate of drug-likeness (QED) is 0.173. The van der Waals surface area contributed by atoms with Crippen LogP contribution in [0, 0.1) is 0 Å². The molecular weight excluding hydrogens is 601 g/mol. The third-order valence-electron chi connectivity index (χ3n) is 5.79. The van der Waals surface area contributed by atoms with E-state index in [0.29, 0.717) is 17.0 Å². The molecule has 3 aromatic rings. The molecular formula is C30H31F3N4O8. The van der Waals surface area contributed by atoms with Gasteiger partial charge in [0.15, 0.2) is 0 Å². The summed E-state index contributed by atoms with van der Waals surface area (Å²) in [6.45, 7) is -0.272. The van der Waals surface area contributed by atoms with Crippen molar-refractivity contribution < 1.29 is 52.1 Å². The van der Waals surface area contributed by atoms with Crippen LogP contribution in [0.3, 0.4) is 0 Å². The van der Waals surface area contributed by atoms with E-state index in [-0.39, 0.29) is 25.9 Å². The minimum Gasteiger partial charge on any atom is -0.497 e. The first-order chi connectivity index (χ1) is 21.3. The van der Waals surface area contributed by atoms with Crippen LogP contribution in [0.5, 0.6) is 5.75 Å². The number of halogens is 3. The third kappa shape index (κ3) is 13.5. The monoisotopic (exact) mass is 632 g/mol. The zero-order valence-electron chi connectivity index (χ0n) is 23.9. The van der Waals surface area contributed by atoms with Gasteiger partial charge >= 0.3 is 24.1 Å². The van der Waals surface area contributed by atoms with Crippen molar-refractivity contribution in [2.24, 2.45) is 0 Å². The average Bonchev–Trinajstić information content (AvgIpc) is 3.00. The van der Waals surface area contributed by atoms with E-state index in [9.17, 15) is 37.5 Å². The van der Waals surface area contributed by atoms with Crippen molar-refractivity contribution in [2.45, 2.75) is 25.1 Å². The first-order valence-corrected chi connectivity index (χ1v) is 13.2. The first kappa shape index (κ1) is 35.6. The number of urea groups is 1. The summed E-state index contributed by atoms with van der Waals surface area (Å²) in [6.07, 6.45) is -5.44. The van der Waals surface area contributed by atoms with E-state index in [2.05, 4.69) is 21.3 Å². The molecule has 0 saturated carbocycles. The number of aliphatic carboxylic acids is 2. The van der Waals surface area contributed by atoms with E-state index in [4.69, 9.17) is 14.6 Å². The molecule has 45 heavy (non-hydrogen) atoms. The Morgan fingerprint density at radius 3 is 2.02 bits per heavy atom. The Hall–Kier alpha value is -5.60. The highest BCUT2D eigenvalue weighted by atomic mass is 19.4. The average molecular weight is 633 g/mol. The zero-order chi connectivity index (χ0) is 33.4. The van der Waals surface area contributed by atoms with Crippen LogP contribution in [0.1, 0.15) is 24.4 Å². The molecule has 240 valence electrons. The van der Waals surface area contributed by atoms with Gasteiger partial charge in [0.25, 0.3) is 0 Å². The number of hydrogen-bond acceptors (Lipinski definition) is 6. The second-order valence-corrected chi connectivity index (χ2v) is 9.15. The Morgan fingerprint density at radius 1 is 0.822 bits per heavy atom. The topological polar surface area (TPSA) is 183 Å². The number of methoxy groups -OCH3 is 1. The lowest BCUT2D eigenvalue weighted by molar-refractivity contribution is -0.192. The van der Waals surface area contributed by atoms with E-state index in [1.54, 1.807) is 36.4 Å². The van der Waals surface area contributed by atoms with Crippen molar-refractivity contribution in [3.05, 3.63) is 84.4 Å². The fourth-order valence-electron chi connectivity index (χ4n) is 3.64. The second kappa shape index (κ2) is 17.5. The molecule has 0 spiro atoms. The van der Waals surface area contributed by atoms with Crippen LogP contribution in [-0.2, 0) is 19.2 Å². The number of carboxylic acids is 2. The van der Waals surface area contributed by atoms with E-state index in [1.165, 1.54) is 7.11 Å². The molecule has 4 amide bonds. The van der Waals surface area contributed by atoms with Gasteiger partial charge in [-0.3, -0.25) is 14.4 Å². The van der Waals surface area contributed by atoms with E-state index in [1.807, 2.05) is 42.5 Å². The maximum absolute atomic E-state index is 12.4. The fraction of sp³-hybridized carbons (Fsp3) is 0.233. The zero-order valence-corrected chi connectivity index (χ0v) is 23.9. The van der Waals surface area contributed by atoms with Gasteiger partial charge < -0.3 is 36.2 Å². The van der Waals surface area contributed by atoms with E-state index >= 15 is 0 Å². The molecule has 0 saturated heterocycles. The van der Waals surface area contributed by atoms with Gasteiger partial charge in [-0.25, -0.2) is 9.59 Å². The molecule has 0 bridgehead atoms. The number of rotatable bonds is 12. The van der Waals surface area contributed by atoms with Gasteiger partial charge in [0, 0.05) is 24.7 Å². The maximum atomic E-state index is 12.4. The number of nitrogens with one attached hydrogen (secondary N) is 4. The molecule has 3 rings (SSSR count). The van der Waals surface area contributed by atoms with Gasteiger partial charge in [0.1, 0.15) is 5.75 Å². The lowest BCUT2D eigenvalue weighted by Gasteiger charge is -2.18. The summed E-state index contributed by atoms with van der Waals surface area (Å²) >= 11 is 0. The van der Waals surface area contributed by atoms with Crippen LogP contribution in [0.15, 0.2) is 78.9 Å². The van der Waals surface area contributed by atoms with Crippen LogP contribution in [0.4, 0.5) is 23.7 Å². The standard InChI is InChI=1S/C28H30N4O6.C2HF3O2/c1-38-23-9-5-8-22(16-23)31-28(37)29-15-14-25(33)30-18-26(34)32-24(17-27(35)36)21-12-10-20(11-13-21)19-6-3-2-4-7-19;3-2(4,5)1(6)7/h2-13,16,24H,14-15,17-18H2,1H3,(H,30,33)(H,32,34)(H,35,36)(H2,29,31,37);(H,6,7). The van der Waals surface area contributed by atoms with Gasteiger partial charge in [-0.15, -0.1) is 0 Å². The largest absolute Gasteiger partial charge is 0.497 e. The van der Waals surface area contributed by atoms with Crippen LogP contribution in [0.25, 0.3) is 11.1 Å². The van der Waals surface area contributed by atoms with Crippen molar-refractivity contribution in [1.82, 2.24) is 16.0 Å². The molecule has 0 aliphatic heterocycles. The summed E-state index contributed by atoms with van der Waals surface area (Å²) in [4.78, 5) is 56.8. The van der Waals surface area contributed by atoms with Gasteiger partial charge in [-0.1, -0.05) is 60.7 Å². The lowest BCUT2D eigenvalue weighted by Crippen LogP contribution is -2.40. The number of carbonyl (C=O) groups is 5. The number of hydrogen-bond donors (Lipinski definition) is 6. The molecule has 0 aliphatic carbocycles. The third-order valence-corrected chi connectivity index (χ3v) is 5.79. The highest BCUT2D eigenvalue weighted by Crippen LogP contribution is 2.23. The summed E-state index contributed by atoms with van der Waals surface area (Å²) in [5, 5.41) is 26.8. The van der Waals surface area contributed by atoms with Crippen molar-refractivity contribution in [2.75, 3.05) is 25.5 Å². The molecule has 6 N–H and O–H groups in total. The molecule has 15 heteroatoms. The minimum absolute atomic E-state index is 0.0433. The Bertz CT molecular complexity index is 1450. The Labute approximate surface area is 255 Å². The molecule has 0 aromatic heterocycles. The Morgan fingerprint density at radius 2 is 1.44 bits per heavy atom. The van der Waals surface area contributed by atoms with E-state index in [0.717, 1.165) is 11.1 Å². The maximum Gasteiger partial charge on any atom is 0.490 e. The number of carboxylic acid groups (broad SMARTS) is 2. The number of alkyl halides is 3. The van der Waals surface area contributed by atoms with Gasteiger partial charge in [0.2, 0.25) is 11.8 Å². The van der Waals surface area contributed by atoms with E-state index < -0.39 is 42.0 Å². The highest BCUT2D eigenvalue weighted by Gasteiger charge is 2.38. The molecule has 12 nitrogen and oxygen atoms in total. The number of anilines is 1. The molecule has 0 heterocycles. The molecule has 1 unspecified atom stereocenters. The Kier molecular flexibility index (Phi) is 13.8. The summed E-state index contributed by atoms with van der Waals surface area (Å²) in [7, 11) is 1.52. The second-order valence-electron chi connectivity index (χ2n) is 9.15. The summed E-state index contributed by atoms with van der Waals surface area (Å²) < 4.78 is 36.8. The van der Waals surface area contributed by atoms with Gasteiger partial charge in [-0.05, 0) is 28.8 Å². The number of carbonyl (C=O) groups excluding carboxylic acids is 3. The highest BCUT2D eigenvalue weighted by molar-refractivity contribution is 5.90. The predicted molar refractivity (Wildman–Crippen MR) is 156 cm³/mol. The van der Waals surface area contributed by atoms with Crippen LogP contribution < -0.4 is 26.0 Å². The normalized spacial score (nSPS) is 11.1. The van der Waals surface area contributed by atoms with Crippen molar-refractivity contribution >= 4 is 35.5 Å². The van der Waals surface area contributed by atoms with Crippen molar-refractivity contribution in [3.8, 4) is 16.9 Å².